The summed E-state index contributed by atoms with van der Waals surface area (Å²) in [4.78, 5) is 67.5. The fraction of sp³-hybridized carbons (Fsp3) is 0. The van der Waals surface area contributed by atoms with E-state index in [2.05, 4.69) is 65.7 Å². The Bertz CT molecular complexity index is 5000. The summed E-state index contributed by atoms with van der Waals surface area (Å²) in [7, 11) is 0. The normalized spacial score (nSPS) is 15.9. The molecule has 18 heteroatoms. The summed E-state index contributed by atoms with van der Waals surface area (Å²) in [6.45, 7) is 0. The molecule has 13 aromatic rings. The van der Waals surface area contributed by atoms with Crippen LogP contribution in [-0.4, -0.2) is 70.4 Å². The van der Waals surface area contributed by atoms with Gasteiger partial charge in [-0.2, -0.15) is 0 Å². The van der Waals surface area contributed by atoms with Crippen molar-refractivity contribution in [3.05, 3.63) is 227 Å². The van der Waals surface area contributed by atoms with Crippen LogP contribution in [0.25, 0.3) is 111 Å². The molecule has 0 unspecified atom stereocenters. The molecule has 0 radical (unpaired) electrons. The Morgan fingerprint density at radius 2 is 0.524 bits per heavy atom. The van der Waals surface area contributed by atoms with E-state index in [1.807, 2.05) is 146 Å². The van der Waals surface area contributed by atoms with Gasteiger partial charge in [-0.15, -0.1) is 0 Å². The first-order valence-corrected chi connectivity index (χ1v) is 27.0. The van der Waals surface area contributed by atoms with Crippen LogP contribution in [-0.2, 0) is 34.9 Å². The zero-order valence-electron chi connectivity index (χ0n) is 42.7. The molecular formula is C64H34CuN16Zn. The van der Waals surface area contributed by atoms with Gasteiger partial charge in [0.1, 0.15) is 22.6 Å². The molecule has 0 atom stereocenters. The van der Waals surface area contributed by atoms with E-state index in [0.29, 0.717) is 69.2 Å². The first kappa shape index (κ1) is 46.5. The number of amidine groups is 4. The van der Waals surface area contributed by atoms with E-state index in [1.165, 1.54) is 0 Å². The molecule has 2 N–H and O–H groups in total. The number of hydrogen-bond acceptors (Lipinski definition) is 12. The molecule has 5 aromatic heterocycles. The van der Waals surface area contributed by atoms with Crippen LogP contribution >= 0.6 is 0 Å². The third-order valence-corrected chi connectivity index (χ3v) is 16.3. The molecule has 19 rings (SSSR count). The molecule has 14 bridgehead atoms. The minimum atomic E-state index is 0. The van der Waals surface area contributed by atoms with Gasteiger partial charge in [-0.25, -0.2) is 29.9 Å². The molecular weight excluding hydrogens is 1120 g/mol. The van der Waals surface area contributed by atoms with Crippen molar-refractivity contribution in [2.75, 3.05) is 0 Å². The van der Waals surface area contributed by atoms with Gasteiger partial charge in [-0.05, 0) is 0 Å². The number of nitrogens with one attached hydrogen (secondary N) is 2. The molecule has 0 fully saturated rings. The van der Waals surface area contributed by atoms with E-state index in [4.69, 9.17) is 59.9 Å². The Kier molecular flexibility index (Phi) is 10.1. The quantitative estimate of drug-likeness (QED) is 0.142. The zero-order valence-corrected chi connectivity index (χ0v) is 46.7. The van der Waals surface area contributed by atoms with Gasteiger partial charge in [0.25, 0.3) is 0 Å². The van der Waals surface area contributed by atoms with Crippen LogP contribution in [0.2, 0.25) is 0 Å². The average molecular weight is 1160 g/mol. The summed E-state index contributed by atoms with van der Waals surface area (Å²) in [5.74, 6) is 6.43. The van der Waals surface area contributed by atoms with E-state index in [-0.39, 0.29) is 19.5 Å². The molecule has 8 aromatic carbocycles. The number of benzene rings is 8. The van der Waals surface area contributed by atoms with Gasteiger partial charge >= 0.3 is 239 Å². The maximum absolute atomic E-state index is 5.20. The maximum atomic E-state index is 5.20. The first-order valence-electron chi connectivity index (χ1n) is 26.1. The fourth-order valence-corrected chi connectivity index (χ4v) is 12.6. The summed E-state index contributed by atoms with van der Waals surface area (Å²) in [5.41, 5.74) is 11.8. The summed E-state index contributed by atoms with van der Waals surface area (Å²) >= 11 is 1.62. The standard InChI is InChI=1S/C32H18N8.C32H16N8.Cu.Zn/c2*1-2-10-18-17(9-1)25-33-26(18)38-28-21-13-5-6-14-22(21)30(35-28)40-32-24-16-8-7-15-23(24)31(36-32)39-29-20-12-4-3-11-19(20)27(34-29)37-25;;/h1-16H,(H2,33,34,35,36,37,38,39,40);1-16H;;/q;-2;+2;. The minimum absolute atomic E-state index is 0. The molecule has 383 valence electrons. The van der Waals surface area contributed by atoms with Crippen LogP contribution in [0.4, 0.5) is 11.6 Å². The molecule has 6 aliphatic heterocycles. The van der Waals surface area contributed by atoms with E-state index in [0.717, 1.165) is 110 Å². The van der Waals surface area contributed by atoms with Gasteiger partial charge in [-0.1, -0.05) is 97.1 Å². The van der Waals surface area contributed by atoms with Gasteiger partial charge in [0.15, 0.2) is 23.3 Å². The average Bonchev–Trinajstić information content (AvgIpc) is 4.53. The van der Waals surface area contributed by atoms with Crippen LogP contribution in [0.5, 0.6) is 0 Å². The van der Waals surface area contributed by atoms with Crippen LogP contribution in [0.1, 0.15) is 22.3 Å². The number of nitrogens with zero attached hydrogens (tertiary/aromatic N) is 14. The Hall–Kier alpha value is -10.4. The molecule has 0 saturated carbocycles. The van der Waals surface area contributed by atoms with Crippen molar-refractivity contribution >= 4 is 101 Å². The number of H-pyrrole nitrogens is 2. The Balaban J connectivity index is 0.000000129. The van der Waals surface area contributed by atoms with Crippen molar-refractivity contribution < 1.29 is 34.9 Å². The molecule has 0 aliphatic carbocycles. The number of fused-ring (bicyclic) bond motifs is 34. The van der Waals surface area contributed by atoms with Crippen LogP contribution in [0.15, 0.2) is 224 Å². The predicted octanol–water partition coefficient (Wildman–Crippen LogP) is 11.7. The molecule has 16 nitrogen and oxygen atoms in total. The van der Waals surface area contributed by atoms with Crippen molar-refractivity contribution in [1.29, 1.82) is 0 Å². The predicted molar refractivity (Wildman–Crippen MR) is 311 cm³/mol. The Morgan fingerprint density at radius 3 is 0.854 bits per heavy atom. The van der Waals surface area contributed by atoms with E-state index in [9.17, 15) is 0 Å². The summed E-state index contributed by atoms with van der Waals surface area (Å²) in [6, 6.07) is 65.0. The number of aromatic amines is 2. The second-order valence-corrected chi connectivity index (χ2v) is 20.8. The van der Waals surface area contributed by atoms with E-state index in [1.54, 1.807) is 15.4 Å². The number of rotatable bonds is 0. The van der Waals surface area contributed by atoms with Crippen molar-refractivity contribution in [2.24, 2.45) is 30.0 Å². The van der Waals surface area contributed by atoms with Crippen LogP contribution in [0.3, 0.4) is 0 Å². The van der Waals surface area contributed by atoms with Crippen molar-refractivity contribution in [2.45, 2.75) is 0 Å². The summed E-state index contributed by atoms with van der Waals surface area (Å²) in [6.07, 6.45) is 0. The second kappa shape index (κ2) is 17.8. The van der Waals surface area contributed by atoms with Gasteiger partial charge in [-0.3, -0.25) is 0 Å². The van der Waals surface area contributed by atoms with Gasteiger partial charge in [0.2, 0.25) is 0 Å². The van der Waals surface area contributed by atoms with E-state index < -0.39 is 0 Å². The zero-order chi connectivity index (χ0) is 52.9. The van der Waals surface area contributed by atoms with Gasteiger partial charge < -0.3 is 9.97 Å². The number of aromatic nitrogens is 10. The monoisotopic (exact) mass is 1150 g/mol. The molecule has 0 spiro atoms. The molecule has 6 aliphatic rings. The van der Waals surface area contributed by atoms with Crippen molar-refractivity contribution in [3.8, 4) is 45.6 Å². The van der Waals surface area contributed by atoms with Crippen LogP contribution < -0.4 is 11.0 Å². The number of hydrogen-bond donors (Lipinski definition) is 2. The number of aliphatic imine (C=N–C) groups is 4. The van der Waals surface area contributed by atoms with Gasteiger partial charge in [0, 0.05) is 63.3 Å². The molecule has 11 heterocycles. The van der Waals surface area contributed by atoms with Crippen molar-refractivity contribution in [3.63, 3.8) is 0 Å². The third-order valence-electron chi connectivity index (χ3n) is 15.2. The molecule has 0 saturated heterocycles. The SMILES string of the molecule is [Zn].c1ccc2c(c1)-c1nc-2nc2[nH]c(nc3nc(nc4[nH]c(n1)c1ccccc41)-c1ccccc1-3)c1ccccc21.c1ccc2c(c1)C1=NC/2=N\c2c3ccccc3c3[n]2[Cu][n]2/c(c4ccccc4/c2=N/C2=N\C(=N/3)c3ccccc32)=N\1. The fourth-order valence-electron chi connectivity index (χ4n) is 11.4. The van der Waals surface area contributed by atoms with E-state index >= 15 is 0 Å². The molecule has 0 amide bonds. The van der Waals surface area contributed by atoms with Gasteiger partial charge in [0.05, 0.1) is 0 Å². The Labute approximate surface area is 482 Å². The third kappa shape index (κ3) is 6.92. The van der Waals surface area contributed by atoms with Crippen molar-refractivity contribution in [1.82, 2.24) is 47.0 Å². The summed E-state index contributed by atoms with van der Waals surface area (Å²) < 4.78 is 4.13. The summed E-state index contributed by atoms with van der Waals surface area (Å²) in [5, 5.41) is 7.74. The first-order chi connectivity index (χ1) is 40.1. The Morgan fingerprint density at radius 1 is 0.256 bits per heavy atom. The van der Waals surface area contributed by atoms with Crippen LogP contribution in [0, 0.1) is 0 Å². The topological polar surface area (TPSA) is 193 Å². The second-order valence-electron chi connectivity index (χ2n) is 19.8. The molecule has 82 heavy (non-hydrogen) atoms.